The summed E-state index contributed by atoms with van der Waals surface area (Å²) in [6.07, 6.45) is 0. The van der Waals surface area contributed by atoms with Crippen LogP contribution in [0.4, 0.5) is 11.4 Å². The van der Waals surface area contributed by atoms with E-state index in [9.17, 15) is 15.2 Å². The number of nitro benzene ring substituents is 1. The molecule has 76 valence electrons. The first-order valence-electron chi connectivity index (χ1n) is 4.26. The molecule has 5 nitrogen and oxygen atoms in total. The summed E-state index contributed by atoms with van der Waals surface area (Å²) in [5.74, 6) is -0.115. The van der Waals surface area contributed by atoms with Crippen LogP contribution in [-0.4, -0.2) is 10.0 Å². The lowest BCUT2D eigenvalue weighted by Crippen LogP contribution is -1.91. The number of benzene rings is 2. The second-order valence-electron chi connectivity index (χ2n) is 3.13. The minimum atomic E-state index is -0.488. The lowest BCUT2D eigenvalue weighted by molar-refractivity contribution is -0.383. The van der Waals surface area contributed by atoms with Gasteiger partial charge in [-0.2, -0.15) is 0 Å². The second kappa shape index (κ2) is 3.13. The molecule has 0 amide bonds. The van der Waals surface area contributed by atoms with E-state index in [-0.39, 0.29) is 17.1 Å². The van der Waals surface area contributed by atoms with E-state index in [1.807, 2.05) is 0 Å². The summed E-state index contributed by atoms with van der Waals surface area (Å²) in [6, 6.07) is 7.47. The van der Waals surface area contributed by atoms with Crippen molar-refractivity contribution in [2.45, 2.75) is 0 Å². The molecule has 2 aromatic carbocycles. The molecule has 0 spiro atoms. The number of nitrogens with zero attached hydrogens (tertiary/aromatic N) is 1. The van der Waals surface area contributed by atoms with Gasteiger partial charge in [-0.15, -0.1) is 0 Å². The Kier molecular flexibility index (Phi) is 1.93. The summed E-state index contributed by atoms with van der Waals surface area (Å²) in [7, 11) is 0. The minimum Gasteiger partial charge on any atom is -0.505 e. The molecule has 0 bridgehead atoms. The molecule has 0 radical (unpaired) electrons. The first-order chi connectivity index (χ1) is 7.11. The molecule has 0 aliphatic rings. The largest absolute Gasteiger partial charge is 0.505 e. The standard InChI is InChI=1S/C10H8N2O3/c11-8-5-4-6-7(10(8)13)2-1-3-9(6)12(14)15/h1-5,13H,11H2. The van der Waals surface area contributed by atoms with Gasteiger partial charge in [-0.05, 0) is 12.1 Å². The van der Waals surface area contributed by atoms with Gasteiger partial charge >= 0.3 is 0 Å². The maximum atomic E-state index is 10.7. The van der Waals surface area contributed by atoms with E-state index in [4.69, 9.17) is 5.73 Å². The normalized spacial score (nSPS) is 10.4. The van der Waals surface area contributed by atoms with Gasteiger partial charge in [0.2, 0.25) is 0 Å². The van der Waals surface area contributed by atoms with Crippen LogP contribution in [0.2, 0.25) is 0 Å². The van der Waals surface area contributed by atoms with Gasteiger partial charge in [-0.1, -0.05) is 12.1 Å². The second-order valence-corrected chi connectivity index (χ2v) is 3.13. The van der Waals surface area contributed by atoms with Gasteiger partial charge in [0.25, 0.3) is 5.69 Å². The molecule has 2 rings (SSSR count). The van der Waals surface area contributed by atoms with E-state index in [0.717, 1.165) is 0 Å². The third kappa shape index (κ3) is 1.34. The number of nitrogens with two attached hydrogens (primary N) is 1. The van der Waals surface area contributed by atoms with Gasteiger partial charge < -0.3 is 10.8 Å². The summed E-state index contributed by atoms with van der Waals surface area (Å²) >= 11 is 0. The smallest absolute Gasteiger partial charge is 0.277 e. The van der Waals surface area contributed by atoms with Gasteiger partial charge in [0.1, 0.15) is 5.75 Å². The Morgan fingerprint density at radius 2 is 1.93 bits per heavy atom. The Bertz CT molecular complexity index is 552. The molecule has 0 heterocycles. The first kappa shape index (κ1) is 9.26. The zero-order valence-corrected chi connectivity index (χ0v) is 7.68. The van der Waals surface area contributed by atoms with Crippen molar-refractivity contribution in [3.05, 3.63) is 40.4 Å². The first-order valence-corrected chi connectivity index (χ1v) is 4.26. The molecule has 3 N–H and O–H groups in total. The van der Waals surface area contributed by atoms with Crippen molar-refractivity contribution >= 4 is 22.1 Å². The van der Waals surface area contributed by atoms with Crippen LogP contribution in [0.3, 0.4) is 0 Å². The Hall–Kier alpha value is -2.30. The van der Waals surface area contributed by atoms with Crippen LogP contribution in [0, 0.1) is 10.1 Å². The molecule has 0 aromatic heterocycles. The molecule has 0 fully saturated rings. The van der Waals surface area contributed by atoms with Gasteiger partial charge in [-0.3, -0.25) is 10.1 Å². The monoisotopic (exact) mass is 204 g/mol. The number of anilines is 1. The third-order valence-electron chi connectivity index (χ3n) is 2.24. The average Bonchev–Trinajstić information content (AvgIpc) is 2.23. The highest BCUT2D eigenvalue weighted by Crippen LogP contribution is 2.34. The zero-order chi connectivity index (χ0) is 11.0. The molecule has 2 aromatic rings. The van der Waals surface area contributed by atoms with Gasteiger partial charge in [0.15, 0.2) is 0 Å². The highest BCUT2D eigenvalue weighted by Gasteiger charge is 2.13. The topological polar surface area (TPSA) is 89.4 Å². The lowest BCUT2D eigenvalue weighted by atomic mass is 10.1. The molecule has 0 unspecified atom stereocenters. The van der Waals surface area contributed by atoms with Crippen molar-refractivity contribution in [1.82, 2.24) is 0 Å². The Morgan fingerprint density at radius 1 is 1.20 bits per heavy atom. The fourth-order valence-corrected chi connectivity index (χ4v) is 1.50. The maximum Gasteiger partial charge on any atom is 0.277 e. The van der Waals surface area contributed by atoms with Crippen molar-refractivity contribution < 1.29 is 10.0 Å². The number of phenolic OH excluding ortho intramolecular Hbond substituents is 1. The number of hydrogen-bond acceptors (Lipinski definition) is 4. The van der Waals surface area contributed by atoms with Crippen LogP contribution in [0.25, 0.3) is 10.8 Å². The van der Waals surface area contributed by atoms with Crippen LogP contribution in [-0.2, 0) is 0 Å². The van der Waals surface area contributed by atoms with Crippen LogP contribution in [0.5, 0.6) is 5.75 Å². The quantitative estimate of drug-likeness (QED) is 0.322. The van der Waals surface area contributed by atoms with E-state index < -0.39 is 4.92 Å². The number of phenols is 1. The van der Waals surface area contributed by atoms with Crippen LogP contribution in [0.15, 0.2) is 30.3 Å². The third-order valence-corrected chi connectivity index (χ3v) is 2.24. The summed E-state index contributed by atoms with van der Waals surface area (Å²) < 4.78 is 0. The van der Waals surface area contributed by atoms with E-state index in [1.54, 1.807) is 6.07 Å². The number of aromatic hydroxyl groups is 1. The summed E-state index contributed by atoms with van der Waals surface area (Å²) in [6.45, 7) is 0. The van der Waals surface area contributed by atoms with Crippen LogP contribution in [0.1, 0.15) is 0 Å². The van der Waals surface area contributed by atoms with E-state index in [2.05, 4.69) is 0 Å². The van der Waals surface area contributed by atoms with E-state index in [1.165, 1.54) is 24.3 Å². The van der Waals surface area contributed by atoms with Gasteiger partial charge in [0.05, 0.1) is 16.0 Å². The number of nitrogen functional groups attached to an aromatic ring is 1. The number of non-ortho nitro benzene ring substituents is 1. The lowest BCUT2D eigenvalue weighted by Gasteiger charge is -2.03. The molecule has 15 heavy (non-hydrogen) atoms. The Morgan fingerprint density at radius 3 is 2.60 bits per heavy atom. The molecular formula is C10H8N2O3. The van der Waals surface area contributed by atoms with Crippen LogP contribution >= 0.6 is 0 Å². The fourth-order valence-electron chi connectivity index (χ4n) is 1.50. The molecule has 0 aliphatic carbocycles. The minimum absolute atomic E-state index is 0.0391. The number of rotatable bonds is 1. The molecule has 0 atom stereocenters. The predicted molar refractivity (Wildman–Crippen MR) is 56.7 cm³/mol. The van der Waals surface area contributed by atoms with Crippen molar-refractivity contribution in [1.29, 1.82) is 0 Å². The van der Waals surface area contributed by atoms with Gasteiger partial charge in [-0.25, -0.2) is 0 Å². The summed E-state index contributed by atoms with van der Waals surface area (Å²) in [4.78, 5) is 10.2. The van der Waals surface area contributed by atoms with E-state index in [0.29, 0.717) is 10.8 Å². The predicted octanol–water partition coefficient (Wildman–Crippen LogP) is 2.04. The average molecular weight is 204 g/mol. The number of fused-ring (bicyclic) bond motifs is 1. The molecule has 0 saturated heterocycles. The molecule has 0 aliphatic heterocycles. The molecule has 5 heteroatoms. The zero-order valence-electron chi connectivity index (χ0n) is 7.68. The highest BCUT2D eigenvalue weighted by molar-refractivity contribution is 5.98. The highest BCUT2D eigenvalue weighted by atomic mass is 16.6. The fraction of sp³-hybridized carbons (Fsp3) is 0. The Balaban J connectivity index is 2.89. The number of nitro groups is 1. The maximum absolute atomic E-state index is 10.7. The van der Waals surface area contributed by atoms with Crippen LogP contribution < -0.4 is 5.73 Å². The number of hydrogen-bond donors (Lipinski definition) is 2. The van der Waals surface area contributed by atoms with Gasteiger partial charge in [0, 0.05) is 11.5 Å². The molecule has 0 saturated carbocycles. The Labute approximate surface area is 84.9 Å². The van der Waals surface area contributed by atoms with Crippen molar-refractivity contribution in [2.75, 3.05) is 5.73 Å². The SMILES string of the molecule is Nc1ccc2c([N+](=O)[O-])cccc2c1O. The van der Waals surface area contributed by atoms with Crippen molar-refractivity contribution in [2.24, 2.45) is 0 Å². The van der Waals surface area contributed by atoms with E-state index >= 15 is 0 Å². The summed E-state index contributed by atoms with van der Waals surface area (Å²) in [5, 5.41) is 21.1. The summed E-state index contributed by atoms with van der Waals surface area (Å²) in [5.41, 5.74) is 5.66. The molecular weight excluding hydrogens is 196 g/mol. The van der Waals surface area contributed by atoms with Crippen molar-refractivity contribution in [3.8, 4) is 5.75 Å². The van der Waals surface area contributed by atoms with Crippen molar-refractivity contribution in [3.63, 3.8) is 0 Å².